The third kappa shape index (κ3) is 3.05. The van der Waals surface area contributed by atoms with E-state index in [0.29, 0.717) is 24.2 Å². The molecule has 4 rings (SSSR count). The molecule has 0 atom stereocenters. The topological polar surface area (TPSA) is 64.7 Å². The molecule has 128 valence electrons. The van der Waals surface area contributed by atoms with E-state index in [1.54, 1.807) is 29.1 Å². The summed E-state index contributed by atoms with van der Waals surface area (Å²) < 4.78 is 18.0. The number of carbonyl (C=O) groups is 1. The van der Waals surface area contributed by atoms with Gasteiger partial charge in [0.25, 0.3) is 5.91 Å². The average Bonchev–Trinajstić information content (AvgIpc) is 3.34. The monoisotopic (exact) mass is 339 g/mol. The van der Waals surface area contributed by atoms with Crippen LogP contribution < -0.4 is 5.32 Å². The van der Waals surface area contributed by atoms with E-state index < -0.39 is 5.82 Å². The summed E-state index contributed by atoms with van der Waals surface area (Å²) in [5.74, 6) is 1.18. The first kappa shape index (κ1) is 15.6. The lowest BCUT2D eigenvalue weighted by molar-refractivity contribution is 0.0953. The van der Waals surface area contributed by atoms with Crippen LogP contribution in [0, 0.1) is 5.82 Å². The number of benzene rings is 1. The van der Waals surface area contributed by atoms with Crippen LogP contribution in [-0.2, 0) is 19.4 Å². The average molecular weight is 339 g/mol. The predicted octanol–water partition coefficient (Wildman–Crippen LogP) is 2.13. The molecule has 0 spiro atoms. The van der Waals surface area contributed by atoms with E-state index in [2.05, 4.69) is 20.1 Å². The molecule has 1 aromatic carbocycles. The molecular weight excluding hydrogens is 321 g/mol. The van der Waals surface area contributed by atoms with Crippen LogP contribution in [0.4, 0.5) is 4.39 Å². The number of aromatic nitrogens is 4. The lowest BCUT2D eigenvalue weighted by Gasteiger charge is -2.08. The normalized spacial score (nSPS) is 13.0. The smallest absolute Gasteiger partial charge is 0.251 e. The van der Waals surface area contributed by atoms with Crippen molar-refractivity contribution in [3.05, 3.63) is 65.8 Å². The summed E-state index contributed by atoms with van der Waals surface area (Å²) in [6, 6.07) is 8.14. The summed E-state index contributed by atoms with van der Waals surface area (Å²) in [7, 11) is 0. The van der Waals surface area contributed by atoms with Crippen molar-refractivity contribution in [2.24, 2.45) is 0 Å². The molecule has 0 saturated heterocycles. The summed E-state index contributed by atoms with van der Waals surface area (Å²) in [6.07, 6.45) is 6.19. The second-order valence-electron chi connectivity index (χ2n) is 6.05. The van der Waals surface area contributed by atoms with Gasteiger partial charge in [0.05, 0.1) is 5.69 Å². The molecule has 25 heavy (non-hydrogen) atoms. The van der Waals surface area contributed by atoms with Crippen molar-refractivity contribution in [2.75, 3.05) is 6.54 Å². The lowest BCUT2D eigenvalue weighted by atomic mass is 10.2. The van der Waals surface area contributed by atoms with Crippen molar-refractivity contribution in [2.45, 2.75) is 25.8 Å². The van der Waals surface area contributed by atoms with Gasteiger partial charge in [0.1, 0.15) is 17.5 Å². The van der Waals surface area contributed by atoms with E-state index in [-0.39, 0.29) is 5.91 Å². The highest BCUT2D eigenvalue weighted by Gasteiger charge is 2.17. The minimum atomic E-state index is -0.431. The van der Waals surface area contributed by atoms with E-state index in [1.807, 2.05) is 12.1 Å². The highest BCUT2D eigenvalue weighted by atomic mass is 19.1. The molecular formula is C18H18FN5O. The molecule has 1 N–H and O–H groups in total. The van der Waals surface area contributed by atoms with Gasteiger partial charge in [-0.2, -0.15) is 0 Å². The Balaban J connectivity index is 1.38. The van der Waals surface area contributed by atoms with E-state index in [0.717, 1.165) is 31.0 Å². The fourth-order valence-electron chi connectivity index (χ4n) is 3.14. The Hall–Kier alpha value is -2.96. The molecule has 1 aliphatic rings. The maximum atomic E-state index is 14.2. The maximum Gasteiger partial charge on any atom is 0.251 e. The van der Waals surface area contributed by atoms with Crippen molar-refractivity contribution >= 4 is 5.91 Å². The number of hydrogen-bond acceptors (Lipinski definition) is 3. The molecule has 7 heteroatoms. The third-order valence-electron chi connectivity index (χ3n) is 4.41. The standard InChI is InChI=1S/C18H18FN5O/c19-14-12-13(5-6-15(14)23-9-1-2-10-23)18(25)20-8-7-17-22-21-16-4-3-11-24(16)17/h1-2,5-6,9-10,12H,3-4,7-8,11H2,(H,20,25). The maximum absolute atomic E-state index is 14.2. The largest absolute Gasteiger partial charge is 0.352 e. The van der Waals surface area contributed by atoms with Crippen LogP contribution in [0.25, 0.3) is 5.69 Å². The van der Waals surface area contributed by atoms with Gasteiger partial charge in [-0.25, -0.2) is 4.39 Å². The van der Waals surface area contributed by atoms with Crippen LogP contribution in [-0.4, -0.2) is 31.8 Å². The summed E-state index contributed by atoms with van der Waals surface area (Å²) in [5.41, 5.74) is 0.723. The number of carbonyl (C=O) groups excluding carboxylic acids is 1. The van der Waals surface area contributed by atoms with Crippen molar-refractivity contribution in [1.82, 2.24) is 24.6 Å². The van der Waals surface area contributed by atoms with Crippen molar-refractivity contribution < 1.29 is 9.18 Å². The SMILES string of the molecule is O=C(NCCc1nnc2n1CCC2)c1ccc(-n2cccc2)c(F)c1. The van der Waals surface area contributed by atoms with Crippen molar-refractivity contribution in [3.63, 3.8) is 0 Å². The summed E-state index contributed by atoms with van der Waals surface area (Å²) >= 11 is 0. The molecule has 0 bridgehead atoms. The lowest BCUT2D eigenvalue weighted by Crippen LogP contribution is -2.26. The minimum Gasteiger partial charge on any atom is -0.352 e. The molecule has 0 saturated carbocycles. The van der Waals surface area contributed by atoms with Crippen LogP contribution >= 0.6 is 0 Å². The number of aryl methyl sites for hydroxylation is 1. The first-order valence-corrected chi connectivity index (χ1v) is 8.34. The van der Waals surface area contributed by atoms with Crippen LogP contribution in [0.15, 0.2) is 42.7 Å². The van der Waals surface area contributed by atoms with Gasteiger partial charge in [-0.1, -0.05) is 0 Å². The molecule has 3 aromatic rings. The van der Waals surface area contributed by atoms with Gasteiger partial charge in [0.15, 0.2) is 0 Å². The van der Waals surface area contributed by atoms with E-state index >= 15 is 0 Å². The summed E-state index contributed by atoms with van der Waals surface area (Å²) in [5, 5.41) is 11.1. The number of hydrogen-bond donors (Lipinski definition) is 1. The molecule has 0 aliphatic carbocycles. The third-order valence-corrected chi connectivity index (χ3v) is 4.41. The molecule has 0 radical (unpaired) electrons. The summed E-state index contributed by atoms with van der Waals surface area (Å²) in [6.45, 7) is 1.38. The highest BCUT2D eigenvalue weighted by Crippen LogP contribution is 2.16. The Morgan fingerprint density at radius 2 is 2.08 bits per heavy atom. The van der Waals surface area contributed by atoms with Gasteiger partial charge in [0.2, 0.25) is 0 Å². The number of nitrogens with one attached hydrogen (secondary N) is 1. The number of halogens is 1. The predicted molar refractivity (Wildman–Crippen MR) is 90.1 cm³/mol. The van der Waals surface area contributed by atoms with E-state index in [9.17, 15) is 9.18 Å². The Labute approximate surface area is 144 Å². The number of fused-ring (bicyclic) bond motifs is 1. The highest BCUT2D eigenvalue weighted by molar-refractivity contribution is 5.94. The first-order chi connectivity index (χ1) is 12.2. The molecule has 2 aromatic heterocycles. The zero-order chi connectivity index (χ0) is 17.2. The fourth-order valence-corrected chi connectivity index (χ4v) is 3.14. The van der Waals surface area contributed by atoms with Crippen LogP contribution in [0.3, 0.4) is 0 Å². The number of rotatable bonds is 5. The fraction of sp³-hybridized carbons (Fsp3) is 0.278. The number of nitrogens with zero attached hydrogens (tertiary/aromatic N) is 4. The minimum absolute atomic E-state index is 0.292. The molecule has 1 aliphatic heterocycles. The van der Waals surface area contributed by atoms with E-state index in [1.165, 1.54) is 6.07 Å². The second-order valence-corrected chi connectivity index (χ2v) is 6.05. The Morgan fingerprint density at radius 3 is 2.88 bits per heavy atom. The van der Waals surface area contributed by atoms with Gasteiger partial charge in [-0.05, 0) is 36.8 Å². The molecule has 6 nitrogen and oxygen atoms in total. The van der Waals surface area contributed by atoms with Gasteiger partial charge < -0.3 is 14.5 Å². The van der Waals surface area contributed by atoms with Crippen LogP contribution in [0.1, 0.15) is 28.4 Å². The van der Waals surface area contributed by atoms with Crippen LogP contribution in [0.5, 0.6) is 0 Å². The van der Waals surface area contributed by atoms with E-state index in [4.69, 9.17) is 0 Å². The molecule has 0 fully saturated rings. The van der Waals surface area contributed by atoms with Crippen molar-refractivity contribution in [3.8, 4) is 5.69 Å². The first-order valence-electron chi connectivity index (χ1n) is 8.34. The zero-order valence-corrected chi connectivity index (χ0v) is 13.7. The van der Waals surface area contributed by atoms with Gasteiger partial charge >= 0.3 is 0 Å². The zero-order valence-electron chi connectivity index (χ0n) is 13.7. The Kier molecular flexibility index (Phi) is 4.05. The Bertz CT molecular complexity index is 900. The van der Waals surface area contributed by atoms with Crippen molar-refractivity contribution in [1.29, 1.82) is 0 Å². The second kappa shape index (κ2) is 6.51. The van der Waals surface area contributed by atoms with Crippen LogP contribution in [0.2, 0.25) is 0 Å². The molecule has 3 heterocycles. The van der Waals surface area contributed by atoms with Gasteiger partial charge in [-0.3, -0.25) is 4.79 Å². The number of amides is 1. The Morgan fingerprint density at radius 1 is 1.24 bits per heavy atom. The molecule has 0 unspecified atom stereocenters. The molecule has 1 amide bonds. The summed E-state index contributed by atoms with van der Waals surface area (Å²) in [4.78, 5) is 12.2. The van der Waals surface area contributed by atoms with Gasteiger partial charge in [0, 0.05) is 43.9 Å². The van der Waals surface area contributed by atoms with Gasteiger partial charge in [-0.15, -0.1) is 10.2 Å². The quantitative estimate of drug-likeness (QED) is 0.774.